The Morgan fingerprint density at radius 1 is 1.42 bits per heavy atom. The molecule has 0 amide bonds. The van der Waals surface area contributed by atoms with Crippen molar-refractivity contribution in [3.05, 3.63) is 23.3 Å². The summed E-state index contributed by atoms with van der Waals surface area (Å²) in [4.78, 5) is 11.1. The number of methoxy groups -OCH3 is 2. The number of fused-ring (bicyclic) bond motifs is 1. The lowest BCUT2D eigenvalue weighted by molar-refractivity contribution is -0.134. The number of rotatable bonds is 3. The molecule has 0 aliphatic carbocycles. The third kappa shape index (κ3) is 2.29. The van der Waals surface area contributed by atoms with Crippen LogP contribution in [0.25, 0.3) is 17.1 Å². The molecule has 0 aliphatic rings. The average Bonchev–Trinajstić information content (AvgIpc) is 2.80. The van der Waals surface area contributed by atoms with E-state index in [0.29, 0.717) is 5.75 Å². The van der Waals surface area contributed by atoms with E-state index in [4.69, 9.17) is 4.74 Å². The van der Waals surface area contributed by atoms with Gasteiger partial charge in [0, 0.05) is 13.1 Å². The first-order valence-corrected chi connectivity index (χ1v) is 5.71. The van der Waals surface area contributed by atoms with Crippen LogP contribution in [0.1, 0.15) is 11.1 Å². The number of hydrogen-bond donors (Lipinski definition) is 0. The molecule has 19 heavy (non-hydrogen) atoms. The summed E-state index contributed by atoms with van der Waals surface area (Å²) in [5.41, 5.74) is 3.36. The van der Waals surface area contributed by atoms with E-state index in [2.05, 4.69) is 15.0 Å². The van der Waals surface area contributed by atoms with E-state index >= 15 is 0 Å². The number of nitrogens with zero attached hydrogens (tertiary/aromatic N) is 3. The lowest BCUT2D eigenvalue weighted by Crippen LogP contribution is -1.96. The van der Waals surface area contributed by atoms with Gasteiger partial charge in [0.1, 0.15) is 16.8 Å². The minimum absolute atomic E-state index is 0.405. The SMILES string of the molecule is COC(=O)C=Cc1cc(OC)c2c(nnn2C)c1C. The second kappa shape index (κ2) is 5.09. The highest BCUT2D eigenvalue weighted by atomic mass is 16.5. The summed E-state index contributed by atoms with van der Waals surface area (Å²) in [6, 6.07) is 1.85. The van der Waals surface area contributed by atoms with Gasteiger partial charge in [0.15, 0.2) is 0 Å². The van der Waals surface area contributed by atoms with E-state index in [-0.39, 0.29) is 0 Å². The van der Waals surface area contributed by atoms with Crippen LogP contribution in [-0.4, -0.2) is 35.2 Å². The molecule has 1 aromatic heterocycles. The quantitative estimate of drug-likeness (QED) is 0.618. The fourth-order valence-corrected chi connectivity index (χ4v) is 1.90. The van der Waals surface area contributed by atoms with Crippen LogP contribution in [0, 0.1) is 6.92 Å². The van der Waals surface area contributed by atoms with Crippen molar-refractivity contribution >= 4 is 23.1 Å². The van der Waals surface area contributed by atoms with Gasteiger partial charge in [0.25, 0.3) is 0 Å². The summed E-state index contributed by atoms with van der Waals surface area (Å²) in [6.45, 7) is 1.92. The first-order chi connectivity index (χ1) is 9.08. The van der Waals surface area contributed by atoms with Gasteiger partial charge >= 0.3 is 5.97 Å². The summed E-state index contributed by atoms with van der Waals surface area (Å²) in [7, 11) is 4.73. The largest absolute Gasteiger partial charge is 0.494 e. The molecule has 0 N–H and O–H groups in total. The number of ether oxygens (including phenoxy) is 2. The molecule has 100 valence electrons. The standard InChI is InChI=1S/C13H15N3O3/c1-8-9(5-6-11(17)19-4)7-10(18-3)13-12(8)14-15-16(13)2/h5-7H,1-4H3. The van der Waals surface area contributed by atoms with Gasteiger partial charge in [-0.1, -0.05) is 5.21 Å². The monoisotopic (exact) mass is 261 g/mol. The third-order valence-electron chi connectivity index (χ3n) is 2.96. The van der Waals surface area contributed by atoms with Gasteiger partial charge in [0.2, 0.25) is 0 Å². The maximum absolute atomic E-state index is 11.1. The van der Waals surface area contributed by atoms with Crippen molar-refractivity contribution < 1.29 is 14.3 Å². The molecule has 2 rings (SSSR count). The van der Waals surface area contributed by atoms with Crippen molar-refractivity contribution in [2.45, 2.75) is 6.92 Å². The lowest BCUT2D eigenvalue weighted by atomic mass is 10.1. The average molecular weight is 261 g/mol. The number of carbonyl (C=O) groups is 1. The smallest absolute Gasteiger partial charge is 0.330 e. The van der Waals surface area contributed by atoms with Crippen LogP contribution in [-0.2, 0) is 16.6 Å². The highest BCUT2D eigenvalue weighted by Crippen LogP contribution is 2.29. The second-order valence-electron chi connectivity index (χ2n) is 4.06. The molecule has 0 saturated carbocycles. The summed E-state index contributed by atoms with van der Waals surface area (Å²) < 4.78 is 11.6. The summed E-state index contributed by atoms with van der Waals surface area (Å²) in [6.07, 6.45) is 3.04. The van der Waals surface area contributed by atoms with E-state index in [1.807, 2.05) is 13.0 Å². The van der Waals surface area contributed by atoms with Gasteiger partial charge in [-0.15, -0.1) is 5.10 Å². The maximum Gasteiger partial charge on any atom is 0.330 e. The summed E-state index contributed by atoms with van der Waals surface area (Å²) in [5.74, 6) is 0.259. The zero-order chi connectivity index (χ0) is 14.0. The number of benzene rings is 1. The van der Waals surface area contributed by atoms with Crippen LogP contribution in [0.3, 0.4) is 0 Å². The van der Waals surface area contributed by atoms with Gasteiger partial charge in [-0.2, -0.15) is 0 Å². The molecule has 0 fully saturated rings. The van der Waals surface area contributed by atoms with Crippen molar-refractivity contribution in [1.29, 1.82) is 0 Å². The Labute approximate surface area is 110 Å². The lowest BCUT2D eigenvalue weighted by Gasteiger charge is -2.07. The number of hydrogen-bond acceptors (Lipinski definition) is 5. The van der Waals surface area contributed by atoms with Crippen LogP contribution in [0.4, 0.5) is 0 Å². The van der Waals surface area contributed by atoms with Crippen LogP contribution < -0.4 is 4.74 Å². The molecule has 0 unspecified atom stereocenters. The van der Waals surface area contributed by atoms with Crippen molar-refractivity contribution in [3.63, 3.8) is 0 Å². The van der Waals surface area contributed by atoms with E-state index < -0.39 is 5.97 Å². The zero-order valence-corrected chi connectivity index (χ0v) is 11.3. The number of aromatic nitrogens is 3. The van der Waals surface area contributed by atoms with Crippen molar-refractivity contribution in [2.24, 2.45) is 7.05 Å². The molecule has 1 heterocycles. The Morgan fingerprint density at radius 2 is 2.16 bits per heavy atom. The molecule has 0 saturated heterocycles. The minimum atomic E-state index is -0.405. The fourth-order valence-electron chi connectivity index (χ4n) is 1.90. The first-order valence-electron chi connectivity index (χ1n) is 5.71. The second-order valence-corrected chi connectivity index (χ2v) is 4.06. The van der Waals surface area contributed by atoms with Crippen molar-refractivity contribution in [3.8, 4) is 5.75 Å². The van der Waals surface area contributed by atoms with Gasteiger partial charge < -0.3 is 9.47 Å². The Morgan fingerprint density at radius 3 is 2.79 bits per heavy atom. The topological polar surface area (TPSA) is 66.2 Å². The highest BCUT2D eigenvalue weighted by Gasteiger charge is 2.13. The predicted molar refractivity (Wildman–Crippen MR) is 70.8 cm³/mol. The Bertz CT molecular complexity index is 659. The molecule has 2 aromatic rings. The fraction of sp³-hybridized carbons (Fsp3) is 0.308. The number of aryl methyl sites for hydroxylation is 2. The van der Waals surface area contributed by atoms with Crippen molar-refractivity contribution in [2.75, 3.05) is 14.2 Å². The van der Waals surface area contributed by atoms with Crippen LogP contribution in [0.5, 0.6) is 5.75 Å². The Hall–Kier alpha value is -2.37. The highest BCUT2D eigenvalue weighted by molar-refractivity contribution is 5.91. The zero-order valence-electron chi connectivity index (χ0n) is 11.3. The molecule has 0 spiro atoms. The van der Waals surface area contributed by atoms with Gasteiger partial charge in [-0.25, -0.2) is 9.48 Å². The third-order valence-corrected chi connectivity index (χ3v) is 2.96. The van der Waals surface area contributed by atoms with E-state index in [1.165, 1.54) is 13.2 Å². The van der Waals surface area contributed by atoms with Crippen LogP contribution in [0.2, 0.25) is 0 Å². The molecule has 0 aliphatic heterocycles. The molecule has 0 bridgehead atoms. The normalized spacial score (nSPS) is 11.2. The van der Waals surface area contributed by atoms with E-state index in [1.54, 1.807) is 24.9 Å². The van der Waals surface area contributed by atoms with Crippen molar-refractivity contribution in [1.82, 2.24) is 15.0 Å². The number of carbonyl (C=O) groups excluding carboxylic acids is 1. The van der Waals surface area contributed by atoms with Gasteiger partial charge in [-0.05, 0) is 30.2 Å². The van der Waals surface area contributed by atoms with Gasteiger partial charge in [-0.3, -0.25) is 0 Å². The van der Waals surface area contributed by atoms with E-state index in [9.17, 15) is 4.79 Å². The first kappa shape index (κ1) is 13.1. The minimum Gasteiger partial charge on any atom is -0.494 e. The molecule has 0 radical (unpaired) electrons. The summed E-state index contributed by atoms with van der Waals surface area (Å²) >= 11 is 0. The Balaban J connectivity index is 2.60. The molecule has 0 atom stereocenters. The molecule has 1 aromatic carbocycles. The van der Waals surface area contributed by atoms with E-state index in [0.717, 1.165) is 22.2 Å². The molecular formula is C13H15N3O3. The maximum atomic E-state index is 11.1. The predicted octanol–water partition coefficient (Wildman–Crippen LogP) is 1.47. The van der Waals surface area contributed by atoms with Crippen LogP contribution >= 0.6 is 0 Å². The molecule has 6 heteroatoms. The van der Waals surface area contributed by atoms with Gasteiger partial charge in [0.05, 0.1) is 14.2 Å². The molecular weight excluding hydrogens is 246 g/mol. The Kier molecular flexibility index (Phi) is 3.50. The van der Waals surface area contributed by atoms with Crippen LogP contribution in [0.15, 0.2) is 12.1 Å². The molecule has 6 nitrogen and oxygen atoms in total. The number of esters is 1. The summed E-state index contributed by atoms with van der Waals surface area (Å²) in [5, 5.41) is 8.11.